The molecule has 0 aromatic rings. The van der Waals surface area contributed by atoms with Crippen molar-refractivity contribution in [1.29, 1.82) is 0 Å². The Morgan fingerprint density at radius 3 is 0.920 bits per heavy atom. The Morgan fingerprint density at radius 1 is 0.345 bits per heavy atom. The van der Waals surface area contributed by atoms with E-state index in [2.05, 4.69) is 196 Å². The third kappa shape index (κ3) is 67.8. The van der Waals surface area contributed by atoms with E-state index in [1.807, 2.05) is 21.1 Å². The average Bonchev–Trinajstić information content (AvgIpc) is 3.57. The van der Waals surface area contributed by atoms with E-state index in [4.69, 9.17) is 18.9 Å². The summed E-state index contributed by atoms with van der Waals surface area (Å²) in [5, 5.41) is 11.8. The molecule has 0 radical (unpaired) electrons. The fraction of sp³-hybridized carbons (Fsp3) is 0.577. The molecule has 2 atom stereocenters. The summed E-state index contributed by atoms with van der Waals surface area (Å²) in [6.07, 6.45) is 98.1. The molecule has 0 aromatic heterocycles. The maximum atomic E-state index is 12.9. The highest BCUT2D eigenvalue weighted by Gasteiger charge is 2.22. The number of aliphatic carboxylic acids is 1. The smallest absolute Gasteiger partial charge is 0.306 e. The number of carbonyl (C=O) groups is 3. The third-order valence-corrected chi connectivity index (χ3v) is 13.6. The highest BCUT2D eigenvalue weighted by molar-refractivity contribution is 5.70. The van der Waals surface area contributed by atoms with Crippen LogP contribution < -0.4 is 5.11 Å². The number of carboxylic acids is 1. The van der Waals surface area contributed by atoms with E-state index in [1.54, 1.807) is 0 Å². The normalized spacial score (nSPS) is 13.9. The van der Waals surface area contributed by atoms with Crippen LogP contribution in [0.1, 0.15) is 232 Å². The molecule has 488 valence electrons. The fourth-order valence-corrected chi connectivity index (χ4v) is 8.53. The number of likely N-dealkylation sites (N-methyl/N-ethyl adjacent to an activating group) is 1. The minimum Gasteiger partial charge on any atom is -0.545 e. The van der Waals surface area contributed by atoms with Crippen molar-refractivity contribution < 1.29 is 42.9 Å². The lowest BCUT2D eigenvalue weighted by Crippen LogP contribution is -2.44. The average molecular weight is 1200 g/mol. The quantitative estimate of drug-likeness (QED) is 0.0195. The zero-order valence-electron chi connectivity index (χ0n) is 55.6. The van der Waals surface area contributed by atoms with Crippen LogP contribution in [0.3, 0.4) is 0 Å². The van der Waals surface area contributed by atoms with Crippen molar-refractivity contribution in [3.05, 3.63) is 182 Å². The van der Waals surface area contributed by atoms with E-state index in [9.17, 15) is 19.5 Å². The molecule has 0 amide bonds. The fourth-order valence-electron chi connectivity index (χ4n) is 8.53. The monoisotopic (exact) mass is 1200 g/mol. The number of allylic oxidation sites excluding steroid dienone is 30. The van der Waals surface area contributed by atoms with E-state index in [0.717, 1.165) is 167 Å². The van der Waals surface area contributed by atoms with E-state index in [0.29, 0.717) is 17.4 Å². The van der Waals surface area contributed by atoms with Crippen LogP contribution in [0.4, 0.5) is 0 Å². The largest absolute Gasteiger partial charge is 0.545 e. The summed E-state index contributed by atoms with van der Waals surface area (Å²) < 4.78 is 22.7. The lowest BCUT2D eigenvalue weighted by atomic mass is 10.1. The second-order valence-electron chi connectivity index (χ2n) is 23.0. The van der Waals surface area contributed by atoms with Crippen molar-refractivity contribution in [3.8, 4) is 0 Å². The first-order chi connectivity index (χ1) is 42.6. The molecule has 0 aliphatic rings. The van der Waals surface area contributed by atoms with Crippen molar-refractivity contribution in [1.82, 2.24) is 0 Å². The van der Waals surface area contributed by atoms with Crippen LogP contribution in [-0.4, -0.2) is 82.3 Å². The van der Waals surface area contributed by atoms with E-state index < -0.39 is 24.3 Å². The topological polar surface area (TPSA) is 111 Å². The Labute approximate surface area is 532 Å². The Hall–Kier alpha value is -5.61. The van der Waals surface area contributed by atoms with E-state index in [1.165, 1.54) is 32.1 Å². The van der Waals surface area contributed by atoms with E-state index >= 15 is 0 Å². The van der Waals surface area contributed by atoms with Gasteiger partial charge in [-0.3, -0.25) is 9.59 Å². The van der Waals surface area contributed by atoms with Crippen LogP contribution in [0, 0.1) is 0 Å². The van der Waals surface area contributed by atoms with Gasteiger partial charge in [0.2, 0.25) is 0 Å². The number of unbranched alkanes of at least 4 members (excludes halogenated alkanes) is 15. The molecular formula is C78H123NO8. The van der Waals surface area contributed by atoms with Crippen LogP contribution in [0.5, 0.6) is 0 Å². The number of hydrogen-bond acceptors (Lipinski definition) is 8. The summed E-state index contributed by atoms with van der Waals surface area (Å²) >= 11 is 0. The molecule has 0 aliphatic carbocycles. The number of carbonyl (C=O) groups excluding carboxylic acids is 3. The van der Waals surface area contributed by atoms with Crippen LogP contribution in [0.2, 0.25) is 0 Å². The van der Waals surface area contributed by atoms with Crippen molar-refractivity contribution in [2.24, 2.45) is 0 Å². The summed E-state index contributed by atoms with van der Waals surface area (Å²) in [6.45, 7) is 4.47. The minimum absolute atomic E-state index is 0.133. The first-order valence-corrected chi connectivity index (χ1v) is 33.9. The Bertz CT molecular complexity index is 2080. The molecule has 9 nitrogen and oxygen atoms in total. The molecule has 0 heterocycles. The first-order valence-electron chi connectivity index (χ1n) is 33.9. The lowest BCUT2D eigenvalue weighted by molar-refractivity contribution is -0.870. The number of quaternary nitrogens is 1. The summed E-state index contributed by atoms with van der Waals surface area (Å²) in [5.74, 6) is -2.33. The predicted molar refractivity (Wildman–Crippen MR) is 370 cm³/mol. The summed E-state index contributed by atoms with van der Waals surface area (Å²) in [4.78, 5) is 37.5. The van der Waals surface area contributed by atoms with Gasteiger partial charge < -0.3 is 33.3 Å². The molecule has 0 N–H and O–H groups in total. The number of carboxylic acid groups (broad SMARTS) is 1. The van der Waals surface area contributed by atoms with Crippen LogP contribution in [0.25, 0.3) is 0 Å². The van der Waals surface area contributed by atoms with Gasteiger partial charge in [0, 0.05) is 12.8 Å². The van der Waals surface area contributed by atoms with Crippen LogP contribution in [0.15, 0.2) is 182 Å². The summed E-state index contributed by atoms with van der Waals surface area (Å²) in [6, 6.07) is 0. The second-order valence-corrected chi connectivity index (χ2v) is 23.0. The van der Waals surface area contributed by atoms with Crippen LogP contribution in [-0.2, 0) is 33.3 Å². The van der Waals surface area contributed by atoms with Gasteiger partial charge in [-0.2, -0.15) is 0 Å². The number of nitrogens with zero attached hydrogens (tertiary/aromatic N) is 1. The standard InChI is InChI=1S/C78H123NO8/c1-6-8-10-12-14-16-18-20-22-24-26-28-30-32-33-34-35-36-37-38-39-40-41-42-43-45-47-49-51-53-55-57-59-61-63-65-67-69-76(81)87-74(73-86-78(77(82)83)84-71-70-79(3,4)5)72-85-75(80)68-66-64-62-60-58-56-54-52-50-48-46-44-31-29-27-25-23-21-19-17-15-13-11-9-7-2/h8-11,14-17,20-23,26-29,32-33,35-36,38-39,41-42,44-47,51,53,74,78H,6-7,12-13,18-19,24-25,30-31,34,37,40,43,48-50,52,54-73H2,1-5H3/b10-8-,11-9-,16-14-,17-15-,22-20-,23-21-,28-26-,29-27-,33-32-,36-35-,39-38-,42-41-,46-44-,47-45-,53-51-. The maximum Gasteiger partial charge on any atom is 0.306 e. The Kier molecular flexibility index (Phi) is 62.1. The SMILES string of the molecule is CC/C=C\C/C=C\C/C=C\C/C=C\C/C=C\C/C=C\C/C=C\C/C=C\C/C=C\C/C=C\CCCCCCCCC(=O)OC(COC(=O)CCCCCCCCCCC/C=C\C/C=C\C/C=C\C/C=C\C/C=C\CC)COC(OCC[N+](C)(C)C)C(=O)[O-]. The molecule has 87 heavy (non-hydrogen) atoms. The molecule has 0 aromatic carbocycles. The van der Waals surface area contributed by atoms with Gasteiger partial charge in [0.25, 0.3) is 0 Å². The van der Waals surface area contributed by atoms with Crippen molar-refractivity contribution in [2.45, 2.75) is 245 Å². The molecule has 0 saturated heterocycles. The van der Waals surface area contributed by atoms with Gasteiger partial charge in [0.05, 0.1) is 40.3 Å². The third-order valence-electron chi connectivity index (χ3n) is 13.6. The highest BCUT2D eigenvalue weighted by atomic mass is 16.7. The molecule has 0 rings (SSSR count). The number of ether oxygens (including phenoxy) is 4. The number of esters is 2. The van der Waals surface area contributed by atoms with Gasteiger partial charge in [-0.05, 0) is 135 Å². The van der Waals surface area contributed by atoms with Crippen molar-refractivity contribution in [3.63, 3.8) is 0 Å². The molecule has 0 bridgehead atoms. The lowest BCUT2D eigenvalue weighted by Gasteiger charge is -2.26. The Balaban J connectivity index is 4.26. The molecule has 0 aliphatic heterocycles. The zero-order chi connectivity index (χ0) is 63.3. The summed E-state index contributed by atoms with van der Waals surface area (Å²) in [7, 11) is 5.91. The van der Waals surface area contributed by atoms with Gasteiger partial charge in [0.15, 0.2) is 12.4 Å². The van der Waals surface area contributed by atoms with Gasteiger partial charge in [-0.15, -0.1) is 0 Å². The number of hydrogen-bond donors (Lipinski definition) is 0. The van der Waals surface area contributed by atoms with Gasteiger partial charge in [-0.1, -0.05) is 267 Å². The van der Waals surface area contributed by atoms with Crippen LogP contribution >= 0.6 is 0 Å². The van der Waals surface area contributed by atoms with Gasteiger partial charge in [0.1, 0.15) is 13.2 Å². The van der Waals surface area contributed by atoms with Crippen molar-refractivity contribution >= 4 is 17.9 Å². The molecule has 0 fully saturated rings. The van der Waals surface area contributed by atoms with Gasteiger partial charge >= 0.3 is 11.9 Å². The maximum absolute atomic E-state index is 12.9. The molecule has 9 heteroatoms. The summed E-state index contributed by atoms with van der Waals surface area (Å²) in [5.41, 5.74) is 0. The Morgan fingerprint density at radius 2 is 0.621 bits per heavy atom. The zero-order valence-corrected chi connectivity index (χ0v) is 55.6. The first kappa shape index (κ1) is 81.4. The molecule has 0 spiro atoms. The molecular weight excluding hydrogens is 1080 g/mol. The predicted octanol–water partition coefficient (Wildman–Crippen LogP) is 19.9. The second kappa shape index (κ2) is 66.3. The number of rotatable bonds is 60. The van der Waals surface area contributed by atoms with E-state index in [-0.39, 0.29) is 38.6 Å². The minimum atomic E-state index is -1.64. The molecule has 2 unspecified atom stereocenters. The molecule has 0 saturated carbocycles. The van der Waals surface area contributed by atoms with Gasteiger partial charge in [-0.25, -0.2) is 0 Å². The highest BCUT2D eigenvalue weighted by Crippen LogP contribution is 2.14. The van der Waals surface area contributed by atoms with Crippen molar-refractivity contribution in [2.75, 3.05) is 47.5 Å².